The van der Waals surface area contributed by atoms with E-state index in [-0.39, 0.29) is 0 Å². The third kappa shape index (κ3) is 4.11. The molecule has 2 aromatic carbocycles. The highest BCUT2D eigenvalue weighted by atomic mass is 16.5. The molecular weight excluding hydrogens is 324 g/mol. The van der Waals surface area contributed by atoms with E-state index in [4.69, 9.17) is 4.74 Å². The predicted octanol–water partition coefficient (Wildman–Crippen LogP) is 5.29. The lowest BCUT2D eigenvalue weighted by Crippen LogP contribution is -2.04. The van der Waals surface area contributed by atoms with Gasteiger partial charge in [0.2, 0.25) is 5.95 Å². The van der Waals surface area contributed by atoms with Crippen LogP contribution in [0.5, 0.6) is 5.75 Å². The number of aryl methyl sites for hydroxylation is 3. The van der Waals surface area contributed by atoms with Gasteiger partial charge in [-0.05, 0) is 57.0 Å². The molecule has 0 spiro atoms. The van der Waals surface area contributed by atoms with Crippen molar-refractivity contribution in [3.05, 3.63) is 65.4 Å². The average Bonchev–Trinajstić information content (AvgIpc) is 2.60. The molecule has 0 bridgehead atoms. The molecule has 0 saturated heterocycles. The van der Waals surface area contributed by atoms with Crippen molar-refractivity contribution in [3.63, 3.8) is 0 Å². The van der Waals surface area contributed by atoms with Crippen LogP contribution >= 0.6 is 0 Å². The second-order valence-electron chi connectivity index (χ2n) is 6.22. The van der Waals surface area contributed by atoms with Gasteiger partial charge >= 0.3 is 0 Å². The van der Waals surface area contributed by atoms with Gasteiger partial charge in [-0.1, -0.05) is 29.8 Å². The van der Waals surface area contributed by atoms with Crippen molar-refractivity contribution in [2.45, 2.75) is 27.7 Å². The molecule has 2 N–H and O–H groups in total. The fourth-order valence-corrected chi connectivity index (χ4v) is 2.97. The van der Waals surface area contributed by atoms with Crippen LogP contribution in [0.15, 0.2) is 48.7 Å². The Bertz CT molecular complexity index is 885. The van der Waals surface area contributed by atoms with Crippen LogP contribution in [0.4, 0.5) is 23.1 Å². The lowest BCUT2D eigenvalue weighted by Gasteiger charge is -2.14. The van der Waals surface area contributed by atoms with Gasteiger partial charge in [0.1, 0.15) is 11.6 Å². The zero-order valence-electron chi connectivity index (χ0n) is 15.6. The number of ether oxygens (including phenoxy) is 1. The molecule has 5 heteroatoms. The van der Waals surface area contributed by atoms with Crippen molar-refractivity contribution in [2.24, 2.45) is 0 Å². The lowest BCUT2D eigenvalue weighted by atomic mass is 10.1. The molecule has 5 nitrogen and oxygen atoms in total. The fraction of sp³-hybridized carbons (Fsp3) is 0.238. The number of aromatic nitrogens is 2. The first-order valence-corrected chi connectivity index (χ1v) is 8.73. The summed E-state index contributed by atoms with van der Waals surface area (Å²) >= 11 is 0. The van der Waals surface area contributed by atoms with E-state index in [0.717, 1.165) is 17.1 Å². The molecule has 1 aromatic heterocycles. The van der Waals surface area contributed by atoms with Gasteiger partial charge in [-0.2, -0.15) is 4.98 Å². The van der Waals surface area contributed by atoms with E-state index in [0.29, 0.717) is 18.4 Å². The first-order valence-electron chi connectivity index (χ1n) is 8.73. The van der Waals surface area contributed by atoms with Crippen LogP contribution in [0.2, 0.25) is 0 Å². The highest BCUT2D eigenvalue weighted by Crippen LogP contribution is 2.28. The normalized spacial score (nSPS) is 10.5. The molecule has 1 heterocycles. The summed E-state index contributed by atoms with van der Waals surface area (Å²) in [4.78, 5) is 8.93. The van der Waals surface area contributed by atoms with Crippen molar-refractivity contribution in [2.75, 3.05) is 17.2 Å². The largest absolute Gasteiger partial charge is 0.492 e. The standard InChI is InChI=1S/C21H24N4O/c1-5-26-18-9-7-6-8-17(18)23-19-10-11-22-21(24-19)25-20-15(3)12-14(2)13-16(20)4/h6-13H,5H2,1-4H3,(H2,22,23,24,25). The minimum absolute atomic E-state index is 0.555. The molecule has 0 saturated carbocycles. The Morgan fingerprint density at radius 3 is 2.42 bits per heavy atom. The van der Waals surface area contributed by atoms with E-state index in [1.807, 2.05) is 37.3 Å². The third-order valence-electron chi connectivity index (χ3n) is 4.02. The Morgan fingerprint density at radius 1 is 0.962 bits per heavy atom. The predicted molar refractivity (Wildman–Crippen MR) is 107 cm³/mol. The van der Waals surface area contributed by atoms with E-state index in [1.165, 1.54) is 16.7 Å². The Labute approximate surface area is 154 Å². The van der Waals surface area contributed by atoms with Crippen LogP contribution in [0.3, 0.4) is 0 Å². The van der Waals surface area contributed by atoms with Gasteiger partial charge in [-0.15, -0.1) is 0 Å². The molecule has 0 unspecified atom stereocenters. The Hall–Kier alpha value is -3.08. The first kappa shape index (κ1) is 17.7. The fourth-order valence-electron chi connectivity index (χ4n) is 2.97. The van der Waals surface area contributed by atoms with Gasteiger partial charge in [0.05, 0.1) is 12.3 Å². The zero-order valence-corrected chi connectivity index (χ0v) is 15.6. The van der Waals surface area contributed by atoms with Crippen LogP contribution in [0.1, 0.15) is 23.6 Å². The molecular formula is C21H24N4O. The van der Waals surface area contributed by atoms with Gasteiger partial charge in [-0.25, -0.2) is 4.98 Å². The summed E-state index contributed by atoms with van der Waals surface area (Å²) in [5, 5.41) is 6.65. The van der Waals surface area contributed by atoms with E-state index in [2.05, 4.69) is 53.5 Å². The summed E-state index contributed by atoms with van der Waals surface area (Å²) in [6.45, 7) is 8.85. The van der Waals surface area contributed by atoms with E-state index in [1.54, 1.807) is 6.20 Å². The zero-order chi connectivity index (χ0) is 18.5. The van der Waals surface area contributed by atoms with Gasteiger partial charge in [-0.3, -0.25) is 0 Å². The lowest BCUT2D eigenvalue weighted by molar-refractivity contribution is 0.342. The topological polar surface area (TPSA) is 59.1 Å². The molecule has 0 aliphatic heterocycles. The number of nitrogens with one attached hydrogen (secondary N) is 2. The van der Waals surface area contributed by atoms with Crippen LogP contribution < -0.4 is 15.4 Å². The van der Waals surface area contributed by atoms with E-state index >= 15 is 0 Å². The van der Waals surface area contributed by atoms with E-state index < -0.39 is 0 Å². The average molecular weight is 348 g/mol. The highest BCUT2D eigenvalue weighted by Gasteiger charge is 2.08. The molecule has 0 amide bonds. The van der Waals surface area contributed by atoms with Gasteiger partial charge in [0.25, 0.3) is 0 Å². The first-order chi connectivity index (χ1) is 12.6. The maximum Gasteiger partial charge on any atom is 0.229 e. The Kier molecular flexibility index (Phi) is 5.37. The summed E-state index contributed by atoms with van der Waals surface area (Å²) in [5.41, 5.74) is 5.51. The van der Waals surface area contributed by atoms with Crippen molar-refractivity contribution >= 4 is 23.1 Å². The molecule has 0 fully saturated rings. The van der Waals surface area contributed by atoms with Gasteiger partial charge < -0.3 is 15.4 Å². The number of benzene rings is 2. The summed E-state index contributed by atoms with van der Waals surface area (Å²) in [7, 11) is 0. The quantitative estimate of drug-likeness (QED) is 0.634. The molecule has 0 aliphatic rings. The minimum Gasteiger partial charge on any atom is -0.492 e. The molecule has 3 aromatic rings. The number of nitrogens with zero attached hydrogens (tertiary/aromatic N) is 2. The number of hydrogen-bond donors (Lipinski definition) is 2. The van der Waals surface area contributed by atoms with Crippen LogP contribution in [-0.2, 0) is 0 Å². The molecule has 0 aliphatic carbocycles. The highest BCUT2D eigenvalue weighted by molar-refractivity contribution is 5.67. The Morgan fingerprint density at radius 2 is 1.69 bits per heavy atom. The van der Waals surface area contributed by atoms with E-state index in [9.17, 15) is 0 Å². The Balaban J connectivity index is 1.84. The van der Waals surface area contributed by atoms with Crippen LogP contribution in [0, 0.1) is 20.8 Å². The SMILES string of the molecule is CCOc1ccccc1Nc1ccnc(Nc2c(C)cc(C)cc2C)n1. The smallest absolute Gasteiger partial charge is 0.229 e. The summed E-state index contributed by atoms with van der Waals surface area (Å²) < 4.78 is 5.66. The molecule has 0 radical (unpaired) electrons. The maximum absolute atomic E-state index is 5.66. The monoisotopic (exact) mass is 348 g/mol. The van der Waals surface area contributed by atoms with Crippen molar-refractivity contribution in [1.82, 2.24) is 9.97 Å². The molecule has 3 rings (SSSR count). The van der Waals surface area contributed by atoms with Crippen molar-refractivity contribution in [3.8, 4) is 5.75 Å². The second kappa shape index (κ2) is 7.87. The molecule has 0 atom stereocenters. The van der Waals surface area contributed by atoms with Crippen LogP contribution in [0.25, 0.3) is 0 Å². The van der Waals surface area contributed by atoms with Gasteiger partial charge in [0, 0.05) is 11.9 Å². The molecule has 26 heavy (non-hydrogen) atoms. The van der Waals surface area contributed by atoms with Crippen LogP contribution in [-0.4, -0.2) is 16.6 Å². The number of anilines is 4. The summed E-state index contributed by atoms with van der Waals surface area (Å²) in [5.74, 6) is 2.06. The van der Waals surface area contributed by atoms with Gasteiger partial charge in [0.15, 0.2) is 0 Å². The number of para-hydroxylation sites is 2. The molecule has 134 valence electrons. The number of rotatable bonds is 6. The summed E-state index contributed by atoms with van der Waals surface area (Å²) in [6.07, 6.45) is 1.74. The third-order valence-corrected chi connectivity index (χ3v) is 4.02. The van der Waals surface area contributed by atoms with Crippen molar-refractivity contribution in [1.29, 1.82) is 0 Å². The number of hydrogen-bond acceptors (Lipinski definition) is 5. The minimum atomic E-state index is 0.555. The second-order valence-corrected chi connectivity index (χ2v) is 6.22. The maximum atomic E-state index is 5.66. The van der Waals surface area contributed by atoms with Crippen molar-refractivity contribution < 1.29 is 4.74 Å². The summed E-state index contributed by atoms with van der Waals surface area (Å²) in [6, 6.07) is 13.9.